The van der Waals surface area contributed by atoms with Gasteiger partial charge in [0.2, 0.25) is 17.7 Å². The van der Waals surface area contributed by atoms with Crippen LogP contribution in [0.4, 0.5) is 0 Å². The number of likely N-dealkylation sites (N-methyl/N-ethyl adjacent to an activating group) is 2. The van der Waals surface area contributed by atoms with Crippen molar-refractivity contribution in [1.29, 1.82) is 0 Å². The summed E-state index contributed by atoms with van der Waals surface area (Å²) >= 11 is 0. The van der Waals surface area contributed by atoms with E-state index in [1.807, 2.05) is 24.4 Å². The van der Waals surface area contributed by atoms with Crippen LogP contribution >= 0.6 is 0 Å². The van der Waals surface area contributed by atoms with Crippen molar-refractivity contribution in [2.45, 2.75) is 97.6 Å². The monoisotopic (exact) mass is 908 g/mol. The Bertz CT molecular complexity index is 2490. The zero-order valence-electron chi connectivity index (χ0n) is 39.6. The highest BCUT2D eigenvalue weighted by atomic mass is 16.7. The molecule has 3 N–H and O–H groups in total. The van der Waals surface area contributed by atoms with Crippen LogP contribution in [0.5, 0.6) is 5.75 Å². The Labute approximate surface area is 386 Å². The number of fused-ring (bicyclic) bond motifs is 6. The number of hydrogen-bond acceptors (Lipinski definition) is 12. The number of phenols is 1. The molecule has 0 radical (unpaired) electrons. The number of cyclic esters (lactones) is 1. The molecule has 7 rings (SSSR count). The van der Waals surface area contributed by atoms with Crippen molar-refractivity contribution in [2.24, 2.45) is 11.3 Å². The molecular weight excluding hydrogens is 845 g/mol. The number of amides is 4. The molecule has 0 saturated carbocycles. The van der Waals surface area contributed by atoms with Crippen LogP contribution in [0, 0.1) is 11.3 Å². The minimum Gasteiger partial charge on any atom is -0.508 e. The van der Waals surface area contributed by atoms with Gasteiger partial charge in [-0.2, -0.15) is 5.06 Å². The van der Waals surface area contributed by atoms with E-state index in [4.69, 9.17) is 14.3 Å². The molecule has 2 unspecified atom stereocenters. The van der Waals surface area contributed by atoms with Crippen molar-refractivity contribution >= 4 is 40.5 Å². The number of ether oxygens (including phenoxy) is 2. The normalized spacial score (nSPS) is 21.2. The number of phenolic OH excluding ortho intramolecular Hbond substituents is 1. The number of esters is 1. The maximum atomic E-state index is 14.7. The molecule has 5 atom stereocenters. The predicted molar refractivity (Wildman–Crippen MR) is 247 cm³/mol. The third kappa shape index (κ3) is 10.2. The average molecular weight is 909 g/mol. The van der Waals surface area contributed by atoms with Gasteiger partial charge in [0.05, 0.1) is 39.1 Å². The highest BCUT2D eigenvalue weighted by Gasteiger charge is 2.44. The zero-order valence-corrected chi connectivity index (χ0v) is 39.6. The lowest BCUT2D eigenvalue weighted by atomic mass is 9.84. The Morgan fingerprint density at radius 2 is 1.85 bits per heavy atom. The second-order valence-electron chi connectivity index (χ2n) is 18.9. The van der Waals surface area contributed by atoms with E-state index in [9.17, 15) is 29.1 Å². The van der Waals surface area contributed by atoms with Crippen LogP contribution in [0.2, 0.25) is 0 Å². The molecule has 2 saturated heterocycles. The Morgan fingerprint density at radius 3 is 2.55 bits per heavy atom. The van der Waals surface area contributed by atoms with Crippen molar-refractivity contribution in [1.82, 2.24) is 40.2 Å². The summed E-state index contributed by atoms with van der Waals surface area (Å²) in [5, 5.41) is 18.1. The van der Waals surface area contributed by atoms with Crippen molar-refractivity contribution in [3.05, 3.63) is 71.5 Å². The first-order chi connectivity index (χ1) is 31.4. The second kappa shape index (κ2) is 19.9. The summed E-state index contributed by atoms with van der Waals surface area (Å²) in [7, 11) is 6.18. The van der Waals surface area contributed by atoms with Crippen LogP contribution in [0.3, 0.4) is 0 Å². The van der Waals surface area contributed by atoms with Gasteiger partial charge in [-0.3, -0.25) is 34.0 Å². The maximum Gasteiger partial charge on any atom is 0.324 e. The van der Waals surface area contributed by atoms with Crippen molar-refractivity contribution in [2.75, 3.05) is 54.6 Å². The molecule has 2 aromatic heterocycles. The van der Waals surface area contributed by atoms with Crippen LogP contribution in [0.15, 0.2) is 54.9 Å². The number of nitrogens with one attached hydrogen (secondary N) is 2. The smallest absolute Gasteiger partial charge is 0.324 e. The molecule has 17 nitrogen and oxygen atoms in total. The number of hydrazine groups is 1. The number of aryl methyl sites for hydroxylation is 1. The summed E-state index contributed by atoms with van der Waals surface area (Å²) in [5.74, 6) is -2.71. The van der Waals surface area contributed by atoms with Crippen LogP contribution in [-0.2, 0) is 64.3 Å². The minimum absolute atomic E-state index is 0.0231. The fourth-order valence-electron chi connectivity index (χ4n) is 9.44. The predicted octanol–water partition coefficient (Wildman–Crippen LogP) is 4.08. The number of carbonyl (C=O) groups excluding carboxylic acids is 5. The number of nitrogens with zero attached hydrogens (tertiary/aromatic N) is 6. The van der Waals surface area contributed by atoms with Gasteiger partial charge in [0.25, 0.3) is 5.91 Å². The maximum absolute atomic E-state index is 14.7. The number of aromatic hydroxyl groups is 1. The second-order valence-corrected chi connectivity index (χ2v) is 18.9. The number of pyridine rings is 1. The molecule has 2 fully saturated rings. The number of hydroxylamine groups is 2. The lowest BCUT2D eigenvalue weighted by molar-refractivity contribution is -0.155. The minimum atomic E-state index is -1.19. The third-order valence-electron chi connectivity index (χ3n) is 12.9. The van der Waals surface area contributed by atoms with E-state index in [-0.39, 0.29) is 37.8 Å². The van der Waals surface area contributed by atoms with Crippen molar-refractivity contribution < 1.29 is 43.4 Å². The van der Waals surface area contributed by atoms with E-state index >= 15 is 0 Å². The number of aromatic nitrogens is 2. The summed E-state index contributed by atoms with van der Waals surface area (Å²) in [5.41, 5.74) is 9.64. The number of methoxy groups -OCH3 is 1. The van der Waals surface area contributed by atoms with E-state index < -0.39 is 59.2 Å². The van der Waals surface area contributed by atoms with Crippen molar-refractivity contribution in [3.8, 4) is 28.1 Å². The topological polar surface area (TPSA) is 188 Å². The standard InChI is InChI=1S/C49H64N8O9/c1-10-55-40-14-13-31-22-35(40)36(44(55)37-24-50-16-15-32(37)27-64-8)23-49(4,5)28-66-48(63)38-12-11-17-56(52-38)46(61)39(20-30-18-33(31)21-34(58)19-30)51-45(60)43(29(2)3)54(7)42(59)26-53(6)47(62)41-25-57(41)65-9/h13-16,18-19,21-22,24,29,38-39,41,43,52,58H,10-12,17,20,23,25-28H2,1-9H3,(H,51,60)/t38-,39-,41+,43?,57?/m0/s1. The van der Waals surface area contributed by atoms with Gasteiger partial charge < -0.3 is 39.1 Å². The quantitative estimate of drug-likeness (QED) is 0.137. The molecule has 17 heteroatoms. The van der Waals surface area contributed by atoms with E-state index in [2.05, 4.69) is 53.2 Å². The van der Waals surface area contributed by atoms with E-state index in [0.29, 0.717) is 50.1 Å². The van der Waals surface area contributed by atoms with E-state index in [1.54, 1.807) is 39.3 Å². The first kappa shape index (κ1) is 48.1. The van der Waals surface area contributed by atoms with Crippen LogP contribution in [0.25, 0.3) is 33.3 Å². The average Bonchev–Trinajstić information content (AvgIpc) is 4.02. The Morgan fingerprint density at radius 1 is 1.08 bits per heavy atom. The van der Waals surface area contributed by atoms with Gasteiger partial charge >= 0.3 is 5.97 Å². The lowest BCUT2D eigenvalue weighted by Crippen LogP contribution is -2.62. The zero-order chi connectivity index (χ0) is 47.6. The first-order valence-corrected chi connectivity index (χ1v) is 22.7. The summed E-state index contributed by atoms with van der Waals surface area (Å²) < 4.78 is 14.0. The Kier molecular flexibility index (Phi) is 14.5. The summed E-state index contributed by atoms with van der Waals surface area (Å²) in [6, 6.07) is 9.83. The number of hydrogen-bond donors (Lipinski definition) is 3. The largest absolute Gasteiger partial charge is 0.508 e. The number of carbonyl (C=O) groups is 5. The van der Waals surface area contributed by atoms with Gasteiger partial charge in [-0.25, -0.2) is 5.43 Å². The molecule has 0 spiro atoms. The Hall–Kier alpha value is -5.88. The molecule has 6 bridgehead atoms. The summed E-state index contributed by atoms with van der Waals surface area (Å²) in [4.78, 5) is 81.9. The fraction of sp³-hybridized carbons (Fsp3) is 0.510. The molecule has 354 valence electrons. The first-order valence-electron chi connectivity index (χ1n) is 22.7. The van der Waals surface area contributed by atoms with Gasteiger partial charge in [0.15, 0.2) is 0 Å². The lowest BCUT2D eigenvalue weighted by Gasteiger charge is -2.37. The van der Waals surface area contributed by atoms with Gasteiger partial charge in [-0.05, 0) is 90.3 Å². The van der Waals surface area contributed by atoms with Gasteiger partial charge in [-0.1, -0.05) is 39.8 Å². The van der Waals surface area contributed by atoms with E-state index in [0.717, 1.165) is 38.9 Å². The van der Waals surface area contributed by atoms with Gasteiger partial charge in [0.1, 0.15) is 29.9 Å². The summed E-state index contributed by atoms with van der Waals surface area (Å²) in [6.07, 6.45) is 5.07. The molecule has 3 aliphatic rings. The van der Waals surface area contributed by atoms with E-state index in [1.165, 1.54) is 41.1 Å². The molecule has 5 heterocycles. The van der Waals surface area contributed by atoms with Crippen LogP contribution in [0.1, 0.15) is 64.2 Å². The number of benzene rings is 2. The molecule has 4 amide bonds. The van der Waals surface area contributed by atoms with Crippen molar-refractivity contribution in [3.63, 3.8) is 0 Å². The van der Waals surface area contributed by atoms with Crippen LogP contribution < -0.4 is 10.7 Å². The highest BCUT2D eigenvalue weighted by Crippen LogP contribution is 2.41. The summed E-state index contributed by atoms with van der Waals surface area (Å²) in [6.45, 7) is 11.4. The SMILES string of the molecule is CCn1c(-c2cnccc2COC)c2c3cc(ccc31)-c1cc(O)cc(c1)C[C@H](NC(=O)C(C(C)C)N(C)C(=O)CN(C)C(=O)[C@H]1CN1OC)C(=O)N1CCC[C@H](N1)C(=O)OCC(C)(C)C2. The highest BCUT2D eigenvalue weighted by molar-refractivity contribution is 5.96. The third-order valence-corrected chi connectivity index (χ3v) is 12.9. The van der Waals surface area contributed by atoms with Gasteiger partial charge in [0, 0.05) is 75.0 Å². The fourth-order valence-corrected chi connectivity index (χ4v) is 9.44. The molecule has 66 heavy (non-hydrogen) atoms. The van der Waals surface area contributed by atoms with Crippen LogP contribution in [-0.4, -0.2) is 143 Å². The molecular formula is C49H64N8O9. The molecule has 3 aliphatic heterocycles. The number of rotatable bonds is 12. The van der Waals surface area contributed by atoms with Gasteiger partial charge in [-0.15, -0.1) is 0 Å². The Balaban J connectivity index is 1.28. The molecule has 4 aromatic rings. The molecule has 2 aromatic carbocycles. The molecule has 0 aliphatic carbocycles.